The number of carbonyl (C=O) groups is 2. The van der Waals surface area contributed by atoms with E-state index in [0.717, 1.165) is 5.56 Å². The van der Waals surface area contributed by atoms with Gasteiger partial charge in [-0.2, -0.15) is 0 Å². The molecule has 1 rings (SSSR count). The van der Waals surface area contributed by atoms with E-state index in [1.807, 2.05) is 30.3 Å². The van der Waals surface area contributed by atoms with Crippen LogP contribution < -0.4 is 5.32 Å². The zero-order valence-electron chi connectivity index (χ0n) is 12.4. The van der Waals surface area contributed by atoms with Gasteiger partial charge in [-0.05, 0) is 18.6 Å². The molecule has 21 heavy (non-hydrogen) atoms. The van der Waals surface area contributed by atoms with Crippen LogP contribution in [0.15, 0.2) is 53.8 Å². The van der Waals surface area contributed by atoms with Gasteiger partial charge in [0, 0.05) is 18.3 Å². The van der Waals surface area contributed by atoms with E-state index in [9.17, 15) is 9.59 Å². The average molecular weight is 289 g/mol. The SMILES string of the molecule is COC(=O)/C=C/C(C(=O)OC)=C(\C)NCc1ccccc1. The summed E-state index contributed by atoms with van der Waals surface area (Å²) in [5.74, 6) is -1.06. The first kappa shape index (κ1) is 16.5. The van der Waals surface area contributed by atoms with Gasteiger partial charge in [-0.1, -0.05) is 30.3 Å². The summed E-state index contributed by atoms with van der Waals surface area (Å²) in [6.45, 7) is 2.32. The Bertz CT molecular complexity index is 547. The number of benzene rings is 1. The van der Waals surface area contributed by atoms with E-state index >= 15 is 0 Å². The molecule has 0 unspecified atom stereocenters. The van der Waals surface area contributed by atoms with Crippen molar-refractivity contribution in [2.45, 2.75) is 13.5 Å². The molecule has 5 heteroatoms. The first-order chi connectivity index (χ1) is 10.1. The van der Waals surface area contributed by atoms with Crippen LogP contribution in [0.4, 0.5) is 0 Å². The van der Waals surface area contributed by atoms with E-state index in [0.29, 0.717) is 12.2 Å². The van der Waals surface area contributed by atoms with E-state index in [2.05, 4.69) is 10.1 Å². The molecule has 0 amide bonds. The molecule has 0 aliphatic heterocycles. The summed E-state index contributed by atoms with van der Waals surface area (Å²) in [5, 5.41) is 3.13. The van der Waals surface area contributed by atoms with Gasteiger partial charge in [-0.3, -0.25) is 0 Å². The topological polar surface area (TPSA) is 64.6 Å². The summed E-state index contributed by atoms with van der Waals surface area (Å²) in [7, 11) is 2.56. The van der Waals surface area contributed by atoms with Crippen LogP contribution in [0.1, 0.15) is 12.5 Å². The number of rotatable bonds is 6. The predicted octanol–water partition coefficient (Wildman–Crippen LogP) is 1.95. The summed E-state index contributed by atoms with van der Waals surface area (Å²) in [5.41, 5.74) is 1.97. The number of hydrogen-bond donors (Lipinski definition) is 1. The molecule has 1 N–H and O–H groups in total. The van der Waals surface area contributed by atoms with E-state index in [-0.39, 0.29) is 5.57 Å². The van der Waals surface area contributed by atoms with Crippen molar-refractivity contribution in [1.82, 2.24) is 5.32 Å². The standard InChI is InChI=1S/C16H19NO4/c1-12(17-11-13-7-5-4-6-8-13)14(16(19)21-3)9-10-15(18)20-2/h4-10,17H,11H2,1-3H3/b10-9+,14-12-. The Labute approximate surface area is 124 Å². The van der Waals surface area contributed by atoms with Gasteiger partial charge in [0.1, 0.15) is 0 Å². The highest BCUT2D eigenvalue weighted by Crippen LogP contribution is 2.08. The lowest BCUT2D eigenvalue weighted by molar-refractivity contribution is -0.135. The van der Waals surface area contributed by atoms with E-state index < -0.39 is 11.9 Å². The number of allylic oxidation sites excluding steroid dienone is 1. The maximum absolute atomic E-state index is 11.7. The lowest BCUT2D eigenvalue weighted by Crippen LogP contribution is -2.16. The molecule has 112 valence electrons. The molecule has 1 aromatic carbocycles. The number of nitrogens with one attached hydrogen (secondary N) is 1. The fraction of sp³-hybridized carbons (Fsp3) is 0.250. The summed E-state index contributed by atoms with van der Waals surface area (Å²) >= 11 is 0. The molecule has 0 fully saturated rings. The highest BCUT2D eigenvalue weighted by atomic mass is 16.5. The summed E-state index contributed by atoms with van der Waals surface area (Å²) < 4.78 is 9.21. The molecule has 1 aromatic rings. The molecule has 0 atom stereocenters. The van der Waals surface area contributed by atoms with Crippen molar-refractivity contribution in [3.63, 3.8) is 0 Å². The Hall–Kier alpha value is -2.56. The Morgan fingerprint density at radius 1 is 1.10 bits per heavy atom. The molecule has 0 saturated heterocycles. The molecule has 0 heterocycles. The minimum absolute atomic E-state index is 0.277. The lowest BCUT2D eigenvalue weighted by atomic mass is 10.1. The van der Waals surface area contributed by atoms with Gasteiger partial charge in [0.25, 0.3) is 0 Å². The Kier molecular flexibility index (Phi) is 6.74. The van der Waals surface area contributed by atoms with Gasteiger partial charge in [-0.25, -0.2) is 9.59 Å². The second-order valence-electron chi connectivity index (χ2n) is 4.23. The van der Waals surface area contributed by atoms with Crippen molar-refractivity contribution in [2.75, 3.05) is 14.2 Å². The fourth-order valence-electron chi connectivity index (χ4n) is 1.60. The maximum Gasteiger partial charge on any atom is 0.339 e. The normalized spacial score (nSPS) is 11.8. The molecule has 0 aliphatic rings. The largest absolute Gasteiger partial charge is 0.466 e. The number of methoxy groups -OCH3 is 2. The van der Waals surface area contributed by atoms with E-state index in [1.54, 1.807) is 6.92 Å². The van der Waals surface area contributed by atoms with Crippen molar-refractivity contribution in [3.8, 4) is 0 Å². The molecule has 0 spiro atoms. The average Bonchev–Trinajstić information content (AvgIpc) is 2.53. The third kappa shape index (κ3) is 5.52. The first-order valence-corrected chi connectivity index (χ1v) is 6.41. The van der Waals surface area contributed by atoms with Crippen molar-refractivity contribution in [3.05, 3.63) is 59.3 Å². The molecule has 5 nitrogen and oxygen atoms in total. The molecule has 0 bridgehead atoms. The molecule has 0 saturated carbocycles. The zero-order chi connectivity index (χ0) is 15.7. The van der Waals surface area contributed by atoms with Crippen LogP contribution in [0, 0.1) is 0 Å². The molecule has 0 aromatic heterocycles. The fourth-order valence-corrected chi connectivity index (χ4v) is 1.60. The van der Waals surface area contributed by atoms with Gasteiger partial charge in [0.2, 0.25) is 0 Å². The predicted molar refractivity (Wildman–Crippen MR) is 79.2 cm³/mol. The van der Waals surface area contributed by atoms with Crippen LogP contribution >= 0.6 is 0 Å². The smallest absolute Gasteiger partial charge is 0.339 e. The monoisotopic (exact) mass is 289 g/mol. The van der Waals surface area contributed by atoms with E-state index in [1.165, 1.54) is 26.4 Å². The minimum Gasteiger partial charge on any atom is -0.466 e. The third-order valence-electron chi connectivity index (χ3n) is 2.80. The van der Waals surface area contributed by atoms with Crippen LogP contribution in [-0.4, -0.2) is 26.2 Å². The Balaban J connectivity index is 2.85. The van der Waals surface area contributed by atoms with Gasteiger partial charge < -0.3 is 14.8 Å². The van der Waals surface area contributed by atoms with Gasteiger partial charge in [0.05, 0.1) is 19.8 Å². The number of hydrogen-bond acceptors (Lipinski definition) is 5. The Morgan fingerprint density at radius 3 is 2.33 bits per heavy atom. The molecule has 0 aliphatic carbocycles. The first-order valence-electron chi connectivity index (χ1n) is 6.41. The summed E-state index contributed by atoms with van der Waals surface area (Å²) in [6.07, 6.45) is 2.56. The van der Waals surface area contributed by atoms with E-state index in [4.69, 9.17) is 4.74 Å². The van der Waals surface area contributed by atoms with Gasteiger partial charge in [-0.15, -0.1) is 0 Å². The number of ether oxygens (including phenoxy) is 2. The molecule has 0 radical (unpaired) electrons. The Morgan fingerprint density at radius 2 is 1.76 bits per heavy atom. The van der Waals surface area contributed by atoms with Crippen LogP contribution in [0.3, 0.4) is 0 Å². The molecular formula is C16H19NO4. The van der Waals surface area contributed by atoms with Gasteiger partial charge in [0.15, 0.2) is 0 Å². The zero-order valence-corrected chi connectivity index (χ0v) is 12.4. The third-order valence-corrected chi connectivity index (χ3v) is 2.80. The second kappa shape index (κ2) is 8.58. The summed E-state index contributed by atoms with van der Waals surface area (Å²) in [6, 6.07) is 9.76. The minimum atomic E-state index is -0.535. The van der Waals surface area contributed by atoms with Crippen molar-refractivity contribution >= 4 is 11.9 Å². The number of esters is 2. The van der Waals surface area contributed by atoms with Crippen molar-refractivity contribution in [2.24, 2.45) is 0 Å². The van der Waals surface area contributed by atoms with Crippen LogP contribution in [-0.2, 0) is 25.6 Å². The van der Waals surface area contributed by atoms with Crippen molar-refractivity contribution in [1.29, 1.82) is 0 Å². The van der Waals surface area contributed by atoms with Crippen LogP contribution in [0.5, 0.6) is 0 Å². The maximum atomic E-state index is 11.7. The highest BCUT2D eigenvalue weighted by molar-refractivity contribution is 5.94. The van der Waals surface area contributed by atoms with Crippen LogP contribution in [0.25, 0.3) is 0 Å². The lowest BCUT2D eigenvalue weighted by Gasteiger charge is -2.10. The molecular weight excluding hydrogens is 270 g/mol. The quantitative estimate of drug-likeness (QED) is 0.492. The van der Waals surface area contributed by atoms with Crippen molar-refractivity contribution < 1.29 is 19.1 Å². The highest BCUT2D eigenvalue weighted by Gasteiger charge is 2.11. The summed E-state index contributed by atoms with van der Waals surface area (Å²) in [4.78, 5) is 22.9. The number of carbonyl (C=O) groups excluding carboxylic acids is 2. The van der Waals surface area contributed by atoms with Crippen LogP contribution in [0.2, 0.25) is 0 Å². The van der Waals surface area contributed by atoms with Gasteiger partial charge >= 0.3 is 11.9 Å². The second-order valence-corrected chi connectivity index (χ2v) is 4.23.